The largest absolute Gasteiger partial charge is 0.339 e. The predicted octanol–water partition coefficient (Wildman–Crippen LogP) is 1.93. The van der Waals surface area contributed by atoms with Gasteiger partial charge in [-0.25, -0.2) is 8.42 Å². The molecule has 1 amide bonds. The first kappa shape index (κ1) is 19.8. The third-order valence-electron chi connectivity index (χ3n) is 6.48. The number of rotatable bonds is 8. The van der Waals surface area contributed by atoms with E-state index in [2.05, 4.69) is 10.1 Å². The summed E-state index contributed by atoms with van der Waals surface area (Å²) >= 11 is 0. The molecule has 0 spiro atoms. The van der Waals surface area contributed by atoms with E-state index in [0.29, 0.717) is 56.0 Å². The fourth-order valence-corrected chi connectivity index (χ4v) is 5.55. The van der Waals surface area contributed by atoms with Crippen molar-refractivity contribution >= 4 is 15.9 Å². The van der Waals surface area contributed by atoms with Gasteiger partial charge in [-0.2, -0.15) is 9.29 Å². The zero-order valence-corrected chi connectivity index (χ0v) is 17.4. The zero-order chi connectivity index (χ0) is 19.7. The maximum Gasteiger partial charge on any atom is 0.229 e. The lowest BCUT2D eigenvalue weighted by molar-refractivity contribution is -0.138. The molecule has 3 fully saturated rings. The maximum absolute atomic E-state index is 12.4. The number of aromatic nitrogens is 2. The summed E-state index contributed by atoms with van der Waals surface area (Å²) in [5.74, 6) is 2.29. The Morgan fingerprint density at radius 3 is 2.50 bits per heavy atom. The van der Waals surface area contributed by atoms with Crippen LogP contribution in [0.25, 0.3) is 0 Å². The summed E-state index contributed by atoms with van der Waals surface area (Å²) in [5, 5.41) is 4.00. The van der Waals surface area contributed by atoms with E-state index < -0.39 is 10.0 Å². The lowest BCUT2D eigenvalue weighted by Gasteiger charge is -2.44. The first-order chi connectivity index (χ1) is 13.4. The average Bonchev–Trinajstić information content (AvgIpc) is 3.18. The fraction of sp³-hybridized carbons (Fsp3) is 0.842. The fourth-order valence-electron chi connectivity index (χ4n) is 4.45. The minimum Gasteiger partial charge on any atom is -0.339 e. The normalized spacial score (nSPS) is 21.9. The van der Waals surface area contributed by atoms with Crippen molar-refractivity contribution in [2.75, 3.05) is 25.9 Å². The van der Waals surface area contributed by atoms with E-state index >= 15 is 0 Å². The van der Waals surface area contributed by atoms with Gasteiger partial charge in [-0.1, -0.05) is 24.4 Å². The second-order valence-corrected chi connectivity index (χ2v) is 10.5. The highest BCUT2D eigenvalue weighted by atomic mass is 32.2. The van der Waals surface area contributed by atoms with Crippen LogP contribution in [-0.4, -0.2) is 65.6 Å². The molecule has 0 atom stereocenters. The van der Waals surface area contributed by atoms with Gasteiger partial charge < -0.3 is 9.42 Å². The molecule has 1 saturated heterocycles. The number of sulfonamides is 1. The van der Waals surface area contributed by atoms with E-state index in [-0.39, 0.29) is 11.9 Å². The Balaban J connectivity index is 1.29. The summed E-state index contributed by atoms with van der Waals surface area (Å²) in [6, 6.07) is -0.152. The van der Waals surface area contributed by atoms with E-state index in [0.717, 1.165) is 25.7 Å². The van der Waals surface area contributed by atoms with Crippen LogP contribution >= 0.6 is 0 Å². The maximum atomic E-state index is 12.4. The Labute approximate surface area is 166 Å². The highest BCUT2D eigenvalue weighted by molar-refractivity contribution is 7.88. The Hall–Kier alpha value is -1.48. The SMILES string of the molecule is CS(=O)(=O)N(CCc1noc(C2CCC2)n1)C1CN(C(=O)CC2CCCC2)C1. The number of hydrogen-bond acceptors (Lipinski definition) is 6. The van der Waals surface area contributed by atoms with Crippen LogP contribution in [-0.2, 0) is 21.2 Å². The van der Waals surface area contributed by atoms with Crippen molar-refractivity contribution in [2.45, 2.75) is 69.7 Å². The van der Waals surface area contributed by atoms with Gasteiger partial charge >= 0.3 is 0 Å². The molecular weight excluding hydrogens is 380 g/mol. The van der Waals surface area contributed by atoms with Crippen molar-refractivity contribution < 1.29 is 17.7 Å². The van der Waals surface area contributed by atoms with E-state index in [1.54, 1.807) is 4.90 Å². The minimum absolute atomic E-state index is 0.152. The number of nitrogens with zero attached hydrogens (tertiary/aromatic N) is 4. The van der Waals surface area contributed by atoms with Crippen LogP contribution in [0.1, 0.15) is 69.0 Å². The molecular formula is C19H30N4O4S. The van der Waals surface area contributed by atoms with Crippen molar-refractivity contribution in [1.29, 1.82) is 0 Å². The molecule has 1 aliphatic heterocycles. The second-order valence-electron chi connectivity index (χ2n) is 8.61. The van der Waals surface area contributed by atoms with Crippen molar-refractivity contribution in [2.24, 2.45) is 5.92 Å². The first-order valence-corrected chi connectivity index (χ1v) is 12.3. The summed E-state index contributed by atoms with van der Waals surface area (Å²) in [5.41, 5.74) is 0. The van der Waals surface area contributed by atoms with Crippen LogP contribution in [0.2, 0.25) is 0 Å². The number of amides is 1. The van der Waals surface area contributed by atoms with Gasteiger partial charge in [0.15, 0.2) is 5.82 Å². The quantitative estimate of drug-likeness (QED) is 0.650. The highest BCUT2D eigenvalue weighted by Crippen LogP contribution is 2.35. The molecule has 4 rings (SSSR count). The van der Waals surface area contributed by atoms with E-state index in [4.69, 9.17) is 4.52 Å². The molecule has 156 valence electrons. The van der Waals surface area contributed by atoms with Crippen molar-refractivity contribution in [3.63, 3.8) is 0 Å². The molecule has 2 aliphatic carbocycles. The van der Waals surface area contributed by atoms with E-state index in [1.807, 2.05) is 0 Å². The smallest absolute Gasteiger partial charge is 0.229 e. The molecule has 3 aliphatic rings. The Bertz CT molecular complexity index is 793. The molecule has 0 bridgehead atoms. The Morgan fingerprint density at radius 1 is 1.18 bits per heavy atom. The summed E-state index contributed by atoms with van der Waals surface area (Å²) in [7, 11) is -3.36. The molecule has 0 radical (unpaired) electrons. The van der Waals surface area contributed by atoms with Crippen molar-refractivity contribution in [3.05, 3.63) is 11.7 Å². The molecule has 0 N–H and O–H groups in total. The van der Waals surface area contributed by atoms with Crippen LogP contribution in [0, 0.1) is 5.92 Å². The topological polar surface area (TPSA) is 96.6 Å². The molecule has 8 nitrogen and oxygen atoms in total. The Morgan fingerprint density at radius 2 is 1.89 bits per heavy atom. The molecule has 2 saturated carbocycles. The number of carbonyl (C=O) groups excluding carboxylic acids is 1. The third kappa shape index (κ3) is 4.40. The molecule has 0 unspecified atom stereocenters. The second kappa shape index (κ2) is 8.10. The van der Waals surface area contributed by atoms with Gasteiger partial charge in [-0.3, -0.25) is 4.79 Å². The van der Waals surface area contributed by atoms with Crippen LogP contribution in [0.4, 0.5) is 0 Å². The monoisotopic (exact) mass is 410 g/mol. The van der Waals surface area contributed by atoms with Crippen molar-refractivity contribution in [3.8, 4) is 0 Å². The molecule has 0 aromatic carbocycles. The van der Waals surface area contributed by atoms with Crippen LogP contribution in [0.15, 0.2) is 4.52 Å². The van der Waals surface area contributed by atoms with Gasteiger partial charge in [-0.05, 0) is 31.6 Å². The summed E-state index contributed by atoms with van der Waals surface area (Å²) < 4.78 is 31.3. The standard InChI is InChI=1S/C19H30N4O4S/c1-28(25,26)23(10-9-17-20-19(27-21-17)15-7-4-8-15)16-12-22(13-16)18(24)11-14-5-2-3-6-14/h14-16H,2-13H2,1H3. The number of likely N-dealkylation sites (tertiary alicyclic amines) is 1. The van der Waals surface area contributed by atoms with E-state index in [1.165, 1.54) is 29.8 Å². The number of hydrogen-bond donors (Lipinski definition) is 0. The van der Waals surface area contributed by atoms with Crippen molar-refractivity contribution in [1.82, 2.24) is 19.3 Å². The molecule has 9 heteroatoms. The molecule has 2 heterocycles. The van der Waals surface area contributed by atoms with Gasteiger partial charge in [0.2, 0.25) is 21.8 Å². The summed E-state index contributed by atoms with van der Waals surface area (Å²) in [6.45, 7) is 1.29. The summed E-state index contributed by atoms with van der Waals surface area (Å²) in [6.07, 6.45) is 10.4. The molecule has 1 aromatic heterocycles. The van der Waals surface area contributed by atoms with Gasteiger partial charge in [0.25, 0.3) is 0 Å². The lowest BCUT2D eigenvalue weighted by atomic mass is 9.85. The van der Waals surface area contributed by atoms with Gasteiger partial charge in [0.1, 0.15) is 0 Å². The Kier molecular flexibility index (Phi) is 5.73. The molecule has 28 heavy (non-hydrogen) atoms. The van der Waals surface area contributed by atoms with Crippen LogP contribution < -0.4 is 0 Å². The van der Waals surface area contributed by atoms with Crippen LogP contribution in [0.3, 0.4) is 0 Å². The number of carbonyl (C=O) groups is 1. The van der Waals surface area contributed by atoms with Gasteiger partial charge in [-0.15, -0.1) is 0 Å². The van der Waals surface area contributed by atoms with E-state index in [9.17, 15) is 13.2 Å². The zero-order valence-electron chi connectivity index (χ0n) is 16.5. The highest BCUT2D eigenvalue weighted by Gasteiger charge is 2.39. The molecule has 1 aromatic rings. The minimum atomic E-state index is -3.36. The van der Waals surface area contributed by atoms with Gasteiger partial charge in [0, 0.05) is 38.4 Å². The first-order valence-electron chi connectivity index (χ1n) is 10.5. The average molecular weight is 411 g/mol. The summed E-state index contributed by atoms with van der Waals surface area (Å²) in [4.78, 5) is 18.6. The lowest BCUT2D eigenvalue weighted by Crippen LogP contribution is -2.62. The third-order valence-corrected chi connectivity index (χ3v) is 7.81. The van der Waals surface area contributed by atoms with Gasteiger partial charge in [0.05, 0.1) is 12.3 Å². The van der Waals surface area contributed by atoms with Crippen LogP contribution in [0.5, 0.6) is 0 Å². The predicted molar refractivity (Wildman–Crippen MR) is 103 cm³/mol.